The first-order valence-corrected chi connectivity index (χ1v) is 11.3. The molecule has 3 aromatic rings. The standard InChI is InChI=1S/C28H26N2O4/c1-3-19-11-15-23-26(32)30(29-21-12-9-18(2)10-13-21)27(33)28(23,20-7-5-4-6-8-20)25(19)24-16-14-22(17-31)34-24/h3-14,16,23,25,29,31H,1,15,17H2,2H3/t23-,25+,28+/m0/s1. The van der Waals surface area contributed by atoms with Gasteiger partial charge in [0.25, 0.3) is 11.8 Å². The highest BCUT2D eigenvalue weighted by Crippen LogP contribution is 2.57. The Kier molecular flexibility index (Phi) is 5.46. The highest BCUT2D eigenvalue weighted by atomic mass is 16.4. The van der Waals surface area contributed by atoms with Crippen LogP contribution in [-0.2, 0) is 21.6 Å². The van der Waals surface area contributed by atoms with Crippen molar-refractivity contribution in [3.63, 3.8) is 0 Å². The molecule has 1 fully saturated rings. The molecule has 1 saturated heterocycles. The van der Waals surface area contributed by atoms with Gasteiger partial charge in [-0.3, -0.25) is 15.0 Å². The third kappa shape index (κ3) is 3.22. The van der Waals surface area contributed by atoms with Gasteiger partial charge in [-0.2, -0.15) is 5.01 Å². The fraction of sp³-hybridized carbons (Fsp3) is 0.214. The lowest BCUT2D eigenvalue weighted by atomic mass is 9.57. The number of rotatable bonds is 6. The molecule has 2 amide bonds. The molecule has 0 spiro atoms. The molecule has 172 valence electrons. The van der Waals surface area contributed by atoms with Gasteiger partial charge in [-0.1, -0.05) is 66.8 Å². The molecule has 6 nitrogen and oxygen atoms in total. The number of hydrazine groups is 1. The van der Waals surface area contributed by atoms with Crippen LogP contribution in [0.25, 0.3) is 0 Å². The Morgan fingerprint density at radius 2 is 1.85 bits per heavy atom. The highest BCUT2D eigenvalue weighted by Gasteiger charge is 2.66. The lowest BCUT2D eigenvalue weighted by Gasteiger charge is -2.41. The van der Waals surface area contributed by atoms with Crippen LogP contribution in [0.3, 0.4) is 0 Å². The minimum Gasteiger partial charge on any atom is -0.463 e. The number of amides is 2. The van der Waals surface area contributed by atoms with Gasteiger partial charge in [-0.15, -0.1) is 0 Å². The van der Waals surface area contributed by atoms with Crippen molar-refractivity contribution in [3.05, 3.63) is 114 Å². The molecule has 0 radical (unpaired) electrons. The van der Waals surface area contributed by atoms with Crippen LogP contribution >= 0.6 is 0 Å². The number of fused-ring (bicyclic) bond motifs is 1. The summed E-state index contributed by atoms with van der Waals surface area (Å²) in [7, 11) is 0. The average molecular weight is 455 g/mol. The van der Waals surface area contributed by atoms with E-state index in [9.17, 15) is 14.7 Å². The van der Waals surface area contributed by atoms with E-state index in [-0.39, 0.29) is 18.4 Å². The predicted octanol–water partition coefficient (Wildman–Crippen LogP) is 4.63. The highest BCUT2D eigenvalue weighted by molar-refractivity contribution is 6.12. The Balaban J connectivity index is 1.70. The molecule has 2 aromatic carbocycles. The summed E-state index contributed by atoms with van der Waals surface area (Å²) in [5.74, 6) is -0.914. The van der Waals surface area contributed by atoms with E-state index < -0.39 is 17.3 Å². The summed E-state index contributed by atoms with van der Waals surface area (Å²) in [4.78, 5) is 28.1. The number of aliphatic hydroxyl groups excluding tert-OH is 1. The number of hydrogen-bond donors (Lipinski definition) is 2. The number of allylic oxidation sites excluding steroid dienone is 3. The van der Waals surface area contributed by atoms with Crippen molar-refractivity contribution in [1.82, 2.24) is 5.01 Å². The monoisotopic (exact) mass is 454 g/mol. The second-order valence-corrected chi connectivity index (χ2v) is 8.78. The number of carbonyl (C=O) groups excluding carboxylic acids is 2. The zero-order valence-electron chi connectivity index (χ0n) is 18.9. The van der Waals surface area contributed by atoms with E-state index in [1.165, 1.54) is 0 Å². The summed E-state index contributed by atoms with van der Waals surface area (Å²) in [6.45, 7) is 5.70. The van der Waals surface area contributed by atoms with Crippen molar-refractivity contribution in [2.75, 3.05) is 5.43 Å². The molecule has 3 atom stereocenters. The topological polar surface area (TPSA) is 82.8 Å². The Morgan fingerprint density at radius 1 is 1.12 bits per heavy atom. The summed E-state index contributed by atoms with van der Waals surface area (Å²) in [6.07, 6.45) is 4.09. The maximum atomic E-state index is 14.4. The smallest absolute Gasteiger partial charge is 0.260 e. The van der Waals surface area contributed by atoms with Crippen molar-refractivity contribution in [2.24, 2.45) is 5.92 Å². The molecule has 1 aromatic heterocycles. The largest absolute Gasteiger partial charge is 0.463 e. The SMILES string of the molecule is C=CC1=CC[C@H]2C(=O)N(Nc3ccc(C)cc3)C(=O)[C@@]2(c2ccccc2)[C@H]1c1ccc(CO)o1. The molecule has 0 saturated carbocycles. The van der Waals surface area contributed by atoms with Gasteiger partial charge in [0.15, 0.2) is 0 Å². The van der Waals surface area contributed by atoms with E-state index in [2.05, 4.69) is 12.0 Å². The molecule has 34 heavy (non-hydrogen) atoms. The summed E-state index contributed by atoms with van der Waals surface area (Å²) in [5.41, 5.74) is 5.13. The molecule has 2 N–H and O–H groups in total. The maximum Gasteiger partial charge on any atom is 0.260 e. The summed E-state index contributed by atoms with van der Waals surface area (Å²) >= 11 is 0. The number of hydrogen-bond acceptors (Lipinski definition) is 5. The fourth-order valence-corrected chi connectivity index (χ4v) is 5.32. The summed E-state index contributed by atoms with van der Waals surface area (Å²) < 4.78 is 5.97. The molecule has 0 unspecified atom stereocenters. The Bertz CT molecular complexity index is 1280. The van der Waals surface area contributed by atoms with Gasteiger partial charge in [-0.05, 0) is 48.7 Å². The number of imide groups is 1. The van der Waals surface area contributed by atoms with Crippen LogP contribution in [0.1, 0.15) is 35.0 Å². The number of aliphatic hydroxyl groups is 1. The van der Waals surface area contributed by atoms with E-state index in [0.29, 0.717) is 23.6 Å². The minimum absolute atomic E-state index is 0.254. The van der Waals surface area contributed by atoms with Crippen molar-refractivity contribution in [1.29, 1.82) is 0 Å². The van der Waals surface area contributed by atoms with Gasteiger partial charge in [0.05, 0.1) is 17.5 Å². The lowest BCUT2D eigenvalue weighted by molar-refractivity contribution is -0.138. The first-order valence-electron chi connectivity index (χ1n) is 11.3. The van der Waals surface area contributed by atoms with Crippen molar-refractivity contribution >= 4 is 17.5 Å². The van der Waals surface area contributed by atoms with Crippen molar-refractivity contribution in [2.45, 2.75) is 31.3 Å². The fourth-order valence-electron chi connectivity index (χ4n) is 5.32. The predicted molar refractivity (Wildman–Crippen MR) is 129 cm³/mol. The number of benzene rings is 2. The van der Waals surface area contributed by atoms with E-state index in [4.69, 9.17) is 4.42 Å². The maximum absolute atomic E-state index is 14.4. The van der Waals surface area contributed by atoms with Gasteiger partial charge in [0.2, 0.25) is 0 Å². The first kappa shape index (κ1) is 21.9. The van der Waals surface area contributed by atoms with E-state index in [1.54, 1.807) is 18.2 Å². The Hall–Kier alpha value is -3.90. The van der Waals surface area contributed by atoms with E-state index >= 15 is 0 Å². The summed E-state index contributed by atoms with van der Waals surface area (Å²) in [6, 6.07) is 20.4. The number of furan rings is 1. The number of nitrogens with zero attached hydrogens (tertiary/aromatic N) is 1. The number of aryl methyl sites for hydroxylation is 1. The second-order valence-electron chi connectivity index (χ2n) is 8.78. The minimum atomic E-state index is -1.22. The van der Waals surface area contributed by atoms with Crippen molar-refractivity contribution in [3.8, 4) is 0 Å². The van der Waals surface area contributed by atoms with Crippen LogP contribution in [0.15, 0.2) is 95.5 Å². The van der Waals surface area contributed by atoms with Gasteiger partial charge >= 0.3 is 0 Å². The third-order valence-corrected chi connectivity index (χ3v) is 6.91. The molecule has 2 heterocycles. The van der Waals surface area contributed by atoms with Gasteiger partial charge in [-0.25, -0.2) is 0 Å². The molecule has 5 rings (SSSR count). The normalized spacial score (nSPS) is 24.1. The molecule has 2 aliphatic rings. The molecular formula is C28H26N2O4. The number of nitrogens with one attached hydrogen (secondary N) is 1. The van der Waals surface area contributed by atoms with Crippen LogP contribution in [0.4, 0.5) is 5.69 Å². The van der Waals surface area contributed by atoms with Gasteiger partial charge in [0.1, 0.15) is 23.5 Å². The number of anilines is 1. The van der Waals surface area contributed by atoms with Crippen LogP contribution in [0.5, 0.6) is 0 Å². The van der Waals surface area contributed by atoms with Crippen LogP contribution in [0.2, 0.25) is 0 Å². The molecule has 6 heteroatoms. The first-order chi connectivity index (χ1) is 16.5. The average Bonchev–Trinajstić information content (AvgIpc) is 3.43. The van der Waals surface area contributed by atoms with Crippen LogP contribution in [-0.4, -0.2) is 21.9 Å². The third-order valence-electron chi connectivity index (χ3n) is 6.91. The molecule has 1 aliphatic heterocycles. The zero-order valence-corrected chi connectivity index (χ0v) is 18.9. The number of carbonyl (C=O) groups is 2. The Morgan fingerprint density at radius 3 is 2.50 bits per heavy atom. The molecule has 1 aliphatic carbocycles. The van der Waals surface area contributed by atoms with Crippen LogP contribution < -0.4 is 5.43 Å². The zero-order chi connectivity index (χ0) is 23.9. The van der Waals surface area contributed by atoms with Crippen LogP contribution in [0, 0.1) is 12.8 Å². The van der Waals surface area contributed by atoms with E-state index in [0.717, 1.165) is 21.7 Å². The molecule has 0 bridgehead atoms. The van der Waals surface area contributed by atoms with Crippen molar-refractivity contribution < 1.29 is 19.1 Å². The van der Waals surface area contributed by atoms with E-state index in [1.807, 2.05) is 67.6 Å². The quantitative estimate of drug-likeness (QED) is 0.531. The summed E-state index contributed by atoms with van der Waals surface area (Å²) in [5, 5.41) is 10.8. The van der Waals surface area contributed by atoms with Gasteiger partial charge < -0.3 is 9.52 Å². The molecular weight excluding hydrogens is 428 g/mol. The second kappa shape index (κ2) is 8.47. The van der Waals surface area contributed by atoms with Gasteiger partial charge in [0, 0.05) is 0 Å². The lowest BCUT2D eigenvalue weighted by Crippen LogP contribution is -2.48. The Labute approximate surface area is 198 Å².